The van der Waals surface area contributed by atoms with Gasteiger partial charge in [-0.1, -0.05) is 72.1 Å². The first-order chi connectivity index (χ1) is 10.1. The number of unbranched alkanes of at least 4 members (excludes halogenated alkanes) is 7. The van der Waals surface area contributed by atoms with Crippen LogP contribution in [0, 0.1) is 11.8 Å². The Hall–Kier alpha value is -0.860. The molecule has 3 nitrogen and oxygen atoms in total. The Morgan fingerprint density at radius 2 is 1.43 bits per heavy atom. The first kappa shape index (κ1) is 20.1. The van der Waals surface area contributed by atoms with E-state index in [0.717, 1.165) is 12.8 Å². The van der Waals surface area contributed by atoms with Crippen molar-refractivity contribution in [2.45, 2.75) is 85.0 Å². The molecule has 0 rings (SSSR count). The van der Waals surface area contributed by atoms with E-state index in [1.165, 1.54) is 52.1 Å². The first-order valence-corrected chi connectivity index (χ1v) is 8.69. The molecule has 2 atom stereocenters. The molecule has 0 aromatic carbocycles. The Labute approximate surface area is 130 Å². The molecule has 0 saturated carbocycles. The zero-order valence-corrected chi connectivity index (χ0v) is 14.5. The van der Waals surface area contributed by atoms with E-state index in [2.05, 4.69) is 6.92 Å². The normalized spacial score (nSPS) is 13.7. The van der Waals surface area contributed by atoms with Gasteiger partial charge in [0.25, 0.3) is 0 Å². The molecule has 0 aromatic rings. The van der Waals surface area contributed by atoms with Crippen LogP contribution in [0.4, 0.5) is 0 Å². The summed E-state index contributed by atoms with van der Waals surface area (Å²) in [7, 11) is 1.35. The molecule has 21 heavy (non-hydrogen) atoms. The molecule has 0 bridgehead atoms. The maximum Gasteiger partial charge on any atom is 0.316 e. The summed E-state index contributed by atoms with van der Waals surface area (Å²) in [4.78, 5) is 23.8. The van der Waals surface area contributed by atoms with Crippen LogP contribution in [-0.4, -0.2) is 18.9 Å². The Balaban J connectivity index is 3.80. The van der Waals surface area contributed by atoms with Crippen molar-refractivity contribution >= 4 is 11.8 Å². The maximum atomic E-state index is 12.2. The van der Waals surface area contributed by atoms with Crippen LogP contribution in [-0.2, 0) is 14.3 Å². The molecule has 3 heteroatoms. The summed E-state index contributed by atoms with van der Waals surface area (Å²) in [5, 5.41) is 0. The maximum absolute atomic E-state index is 12.2. The minimum atomic E-state index is -0.570. The highest BCUT2D eigenvalue weighted by atomic mass is 16.5. The number of ether oxygens (including phenoxy) is 1. The van der Waals surface area contributed by atoms with E-state index in [0.29, 0.717) is 6.42 Å². The van der Waals surface area contributed by atoms with Gasteiger partial charge in [0.2, 0.25) is 0 Å². The van der Waals surface area contributed by atoms with Crippen molar-refractivity contribution in [3.63, 3.8) is 0 Å². The van der Waals surface area contributed by atoms with Gasteiger partial charge in [0, 0.05) is 5.92 Å². The minimum Gasteiger partial charge on any atom is -0.468 e. The summed E-state index contributed by atoms with van der Waals surface area (Å²) in [5.41, 5.74) is 0. The zero-order chi connectivity index (χ0) is 16.1. The monoisotopic (exact) mass is 298 g/mol. The van der Waals surface area contributed by atoms with Gasteiger partial charge >= 0.3 is 5.97 Å². The number of hydrogen-bond acceptors (Lipinski definition) is 3. The van der Waals surface area contributed by atoms with E-state index < -0.39 is 5.92 Å². The lowest BCUT2D eigenvalue weighted by Gasteiger charge is -2.16. The molecular weight excluding hydrogens is 264 g/mol. The Bertz CT molecular complexity index is 286. The van der Waals surface area contributed by atoms with Crippen molar-refractivity contribution in [3.8, 4) is 0 Å². The second kappa shape index (κ2) is 12.8. The molecule has 0 aromatic heterocycles. The summed E-state index contributed by atoms with van der Waals surface area (Å²) >= 11 is 0. The molecule has 0 aliphatic rings. The molecule has 0 radical (unpaired) electrons. The van der Waals surface area contributed by atoms with Gasteiger partial charge in [0.05, 0.1) is 7.11 Å². The smallest absolute Gasteiger partial charge is 0.316 e. The van der Waals surface area contributed by atoms with Crippen LogP contribution >= 0.6 is 0 Å². The average molecular weight is 298 g/mol. The lowest BCUT2D eigenvalue weighted by Crippen LogP contribution is -2.29. The predicted molar refractivity (Wildman–Crippen MR) is 87.2 cm³/mol. The van der Waals surface area contributed by atoms with Gasteiger partial charge in [-0.15, -0.1) is 0 Å². The van der Waals surface area contributed by atoms with Crippen molar-refractivity contribution in [3.05, 3.63) is 0 Å². The number of esters is 1. The molecule has 0 heterocycles. The molecule has 0 N–H and O–H groups in total. The number of Topliss-reactive ketones (excluding diaryl/α,β-unsaturated/α-hetero) is 1. The number of hydrogen-bond donors (Lipinski definition) is 0. The molecule has 0 aliphatic heterocycles. The summed E-state index contributed by atoms with van der Waals surface area (Å²) in [6, 6.07) is 0. The standard InChI is InChI=1S/C18H34O3/c1-5-7-8-9-10-11-12-13-14-15(3)17(19)16(6-2)18(20)21-4/h15-16H,5-14H2,1-4H3/t15-,16-/m0/s1. The molecular formula is C18H34O3. The molecule has 0 fully saturated rings. The summed E-state index contributed by atoms with van der Waals surface area (Å²) in [6.07, 6.45) is 11.6. The third-order valence-corrected chi connectivity index (χ3v) is 4.21. The van der Waals surface area contributed by atoms with Crippen molar-refractivity contribution in [1.82, 2.24) is 0 Å². The van der Waals surface area contributed by atoms with Gasteiger partial charge in [-0.2, -0.15) is 0 Å². The Morgan fingerprint density at radius 1 is 0.905 bits per heavy atom. The van der Waals surface area contributed by atoms with Crippen molar-refractivity contribution in [1.29, 1.82) is 0 Å². The number of rotatable bonds is 13. The SMILES string of the molecule is CCCCCCCCCC[C@H](C)C(=O)[C@H](CC)C(=O)OC. The van der Waals surface area contributed by atoms with E-state index in [1.807, 2.05) is 13.8 Å². The van der Waals surface area contributed by atoms with Crippen LogP contribution in [0.15, 0.2) is 0 Å². The number of carbonyl (C=O) groups excluding carboxylic acids is 2. The fourth-order valence-corrected chi connectivity index (χ4v) is 2.70. The number of methoxy groups -OCH3 is 1. The van der Waals surface area contributed by atoms with Gasteiger partial charge in [-0.05, 0) is 12.8 Å². The van der Waals surface area contributed by atoms with E-state index in [9.17, 15) is 9.59 Å². The van der Waals surface area contributed by atoms with E-state index >= 15 is 0 Å². The molecule has 124 valence electrons. The Kier molecular flexibility index (Phi) is 12.3. The fraction of sp³-hybridized carbons (Fsp3) is 0.889. The first-order valence-electron chi connectivity index (χ1n) is 8.69. The van der Waals surface area contributed by atoms with E-state index in [-0.39, 0.29) is 17.7 Å². The predicted octanol–water partition coefficient (Wildman–Crippen LogP) is 4.92. The van der Waals surface area contributed by atoms with Crippen LogP contribution in [0.5, 0.6) is 0 Å². The zero-order valence-electron chi connectivity index (χ0n) is 14.5. The third kappa shape index (κ3) is 8.90. The molecule has 0 aliphatic carbocycles. The second-order valence-electron chi connectivity index (χ2n) is 6.05. The van der Waals surface area contributed by atoms with E-state index in [1.54, 1.807) is 0 Å². The highest BCUT2D eigenvalue weighted by Crippen LogP contribution is 2.19. The van der Waals surface area contributed by atoms with Crippen LogP contribution < -0.4 is 0 Å². The largest absolute Gasteiger partial charge is 0.468 e. The van der Waals surface area contributed by atoms with Crippen molar-refractivity contribution < 1.29 is 14.3 Å². The molecule has 0 spiro atoms. The van der Waals surface area contributed by atoms with Gasteiger partial charge in [0.1, 0.15) is 11.7 Å². The lowest BCUT2D eigenvalue weighted by molar-refractivity contribution is -0.150. The van der Waals surface area contributed by atoms with Gasteiger partial charge in [-0.25, -0.2) is 0 Å². The second-order valence-corrected chi connectivity index (χ2v) is 6.05. The van der Waals surface area contributed by atoms with Crippen LogP contribution in [0.2, 0.25) is 0 Å². The quantitative estimate of drug-likeness (QED) is 0.275. The van der Waals surface area contributed by atoms with Gasteiger partial charge in [-0.3, -0.25) is 9.59 Å². The van der Waals surface area contributed by atoms with Crippen LogP contribution in [0.3, 0.4) is 0 Å². The topological polar surface area (TPSA) is 43.4 Å². The van der Waals surface area contributed by atoms with Crippen LogP contribution in [0.1, 0.15) is 85.0 Å². The summed E-state index contributed by atoms with van der Waals surface area (Å²) in [6.45, 7) is 6.04. The molecule has 0 amide bonds. The van der Waals surface area contributed by atoms with Crippen LogP contribution in [0.25, 0.3) is 0 Å². The third-order valence-electron chi connectivity index (χ3n) is 4.21. The molecule has 0 unspecified atom stereocenters. The highest BCUT2D eigenvalue weighted by Gasteiger charge is 2.28. The Morgan fingerprint density at radius 3 is 1.90 bits per heavy atom. The molecule has 0 saturated heterocycles. The average Bonchev–Trinajstić information content (AvgIpc) is 2.49. The number of carbonyl (C=O) groups is 2. The highest BCUT2D eigenvalue weighted by molar-refractivity contribution is 5.99. The summed E-state index contributed by atoms with van der Waals surface area (Å²) < 4.78 is 4.70. The number of ketones is 1. The minimum absolute atomic E-state index is 0.0332. The van der Waals surface area contributed by atoms with Crippen molar-refractivity contribution in [2.24, 2.45) is 11.8 Å². The van der Waals surface area contributed by atoms with Crippen molar-refractivity contribution in [2.75, 3.05) is 7.11 Å². The lowest BCUT2D eigenvalue weighted by atomic mass is 9.88. The van der Waals surface area contributed by atoms with Gasteiger partial charge < -0.3 is 4.74 Å². The fourth-order valence-electron chi connectivity index (χ4n) is 2.70. The van der Waals surface area contributed by atoms with Gasteiger partial charge in [0.15, 0.2) is 0 Å². The summed E-state index contributed by atoms with van der Waals surface area (Å²) in [5.74, 6) is -0.939. The van der Waals surface area contributed by atoms with E-state index in [4.69, 9.17) is 4.74 Å².